The number of benzene rings is 1. The molecule has 2 aliphatic heterocycles. The molecule has 1 aromatic carbocycles. The first-order valence-electron chi connectivity index (χ1n) is 10.1. The van der Waals surface area contributed by atoms with E-state index in [1.807, 2.05) is 56.7 Å². The highest BCUT2D eigenvalue weighted by atomic mass is 16.2. The van der Waals surface area contributed by atoms with Crippen molar-refractivity contribution in [2.75, 3.05) is 43.4 Å². The van der Waals surface area contributed by atoms with Gasteiger partial charge >= 0.3 is 0 Å². The third kappa shape index (κ3) is 3.14. The van der Waals surface area contributed by atoms with Gasteiger partial charge in [0, 0.05) is 38.9 Å². The summed E-state index contributed by atoms with van der Waals surface area (Å²) in [4.78, 5) is 33.2. The van der Waals surface area contributed by atoms with E-state index in [2.05, 4.69) is 22.2 Å². The standard InChI is InChI=1S/C22H29N5O2/c1-14-15(2)25(5)20-19(14)27(18-9-7-6-8-17(18)23-21(20)28)22(29)16(3)26-12-10-24(4)11-13-26/h6-9,16H,10-13H2,1-5H3,(H,23,28). The molecule has 154 valence electrons. The molecule has 4 rings (SSSR count). The lowest BCUT2D eigenvalue weighted by molar-refractivity contribution is -0.123. The Morgan fingerprint density at radius 2 is 1.72 bits per heavy atom. The fourth-order valence-electron chi connectivity index (χ4n) is 4.32. The molecule has 0 spiro atoms. The number of rotatable bonds is 2. The third-order valence-corrected chi connectivity index (χ3v) is 6.46. The van der Waals surface area contributed by atoms with E-state index in [1.54, 1.807) is 4.90 Å². The van der Waals surface area contributed by atoms with Crippen LogP contribution in [0.25, 0.3) is 0 Å². The van der Waals surface area contributed by atoms with Crippen LogP contribution in [-0.4, -0.2) is 65.4 Å². The van der Waals surface area contributed by atoms with Crippen molar-refractivity contribution < 1.29 is 9.59 Å². The number of amides is 2. The van der Waals surface area contributed by atoms with Gasteiger partial charge in [0.15, 0.2) is 0 Å². The average molecular weight is 396 g/mol. The zero-order valence-electron chi connectivity index (χ0n) is 17.8. The molecule has 2 aromatic rings. The Bertz CT molecular complexity index is 972. The number of nitrogens with zero attached hydrogens (tertiary/aromatic N) is 4. The number of carbonyl (C=O) groups excluding carboxylic acids is 2. The number of nitrogens with one attached hydrogen (secondary N) is 1. The second kappa shape index (κ2) is 7.31. The summed E-state index contributed by atoms with van der Waals surface area (Å²) < 4.78 is 1.88. The van der Waals surface area contributed by atoms with Crippen molar-refractivity contribution in [1.82, 2.24) is 14.4 Å². The molecule has 0 saturated carbocycles. The molecular weight excluding hydrogens is 366 g/mol. The van der Waals surface area contributed by atoms with Crippen molar-refractivity contribution in [1.29, 1.82) is 0 Å². The van der Waals surface area contributed by atoms with Crippen LogP contribution >= 0.6 is 0 Å². The van der Waals surface area contributed by atoms with Crippen LogP contribution in [0.15, 0.2) is 24.3 Å². The first-order valence-corrected chi connectivity index (χ1v) is 10.1. The summed E-state index contributed by atoms with van der Waals surface area (Å²) in [6.45, 7) is 9.55. The number of hydrogen-bond donors (Lipinski definition) is 1. The van der Waals surface area contributed by atoms with E-state index in [-0.39, 0.29) is 17.9 Å². The van der Waals surface area contributed by atoms with Crippen LogP contribution in [0.3, 0.4) is 0 Å². The number of hydrogen-bond acceptors (Lipinski definition) is 4. The minimum absolute atomic E-state index is 0.00606. The largest absolute Gasteiger partial charge is 0.342 e. The number of piperazine rings is 1. The fraction of sp³-hybridized carbons (Fsp3) is 0.455. The van der Waals surface area contributed by atoms with Gasteiger partial charge in [-0.2, -0.15) is 0 Å². The van der Waals surface area contributed by atoms with E-state index >= 15 is 0 Å². The van der Waals surface area contributed by atoms with Crippen LogP contribution in [0.1, 0.15) is 28.7 Å². The Hall–Kier alpha value is -2.64. The van der Waals surface area contributed by atoms with Gasteiger partial charge in [-0.05, 0) is 45.5 Å². The van der Waals surface area contributed by atoms with Crippen molar-refractivity contribution in [2.45, 2.75) is 26.8 Å². The highest BCUT2D eigenvalue weighted by Gasteiger charge is 2.37. The van der Waals surface area contributed by atoms with Gasteiger partial charge in [0.25, 0.3) is 5.91 Å². The smallest absolute Gasteiger partial charge is 0.274 e. The summed E-state index contributed by atoms with van der Waals surface area (Å²) in [5.41, 5.74) is 4.53. The minimum atomic E-state index is -0.280. The Labute approximate surface area is 171 Å². The summed E-state index contributed by atoms with van der Waals surface area (Å²) >= 11 is 0. The summed E-state index contributed by atoms with van der Waals surface area (Å²) in [6.07, 6.45) is 0. The molecule has 1 unspecified atom stereocenters. The quantitative estimate of drug-likeness (QED) is 0.849. The third-order valence-electron chi connectivity index (χ3n) is 6.46. The fourth-order valence-corrected chi connectivity index (χ4v) is 4.32. The molecule has 1 atom stereocenters. The van der Waals surface area contributed by atoms with Crippen LogP contribution in [-0.2, 0) is 11.8 Å². The zero-order valence-corrected chi connectivity index (χ0v) is 17.8. The van der Waals surface area contributed by atoms with E-state index in [9.17, 15) is 9.59 Å². The van der Waals surface area contributed by atoms with Gasteiger partial charge in [0.05, 0.1) is 23.1 Å². The van der Waals surface area contributed by atoms with Crippen molar-refractivity contribution in [3.8, 4) is 0 Å². The van der Waals surface area contributed by atoms with E-state index in [0.717, 1.165) is 43.1 Å². The highest BCUT2D eigenvalue weighted by Crippen LogP contribution is 2.42. The normalized spacial score (nSPS) is 18.7. The Morgan fingerprint density at radius 1 is 1.07 bits per heavy atom. The van der Waals surface area contributed by atoms with Crippen molar-refractivity contribution >= 4 is 28.9 Å². The summed E-state index contributed by atoms with van der Waals surface area (Å²) in [5, 5.41) is 3.00. The molecule has 0 radical (unpaired) electrons. The minimum Gasteiger partial charge on any atom is -0.342 e. The Balaban J connectivity index is 1.83. The lowest BCUT2D eigenvalue weighted by Gasteiger charge is -2.37. The van der Waals surface area contributed by atoms with Gasteiger partial charge < -0.3 is 14.8 Å². The van der Waals surface area contributed by atoms with Gasteiger partial charge in [-0.15, -0.1) is 0 Å². The molecule has 2 aliphatic rings. The van der Waals surface area contributed by atoms with Gasteiger partial charge in [0.2, 0.25) is 5.91 Å². The SMILES string of the molecule is Cc1c2c(n(C)c1C)C(=O)Nc1ccccc1N2C(=O)C(C)N1CCN(C)CC1. The number of fused-ring (bicyclic) bond motifs is 2. The maximum atomic E-state index is 13.9. The predicted octanol–water partition coefficient (Wildman–Crippen LogP) is 2.51. The second-order valence-electron chi connectivity index (χ2n) is 8.13. The molecule has 0 aliphatic carbocycles. The first kappa shape index (κ1) is 19.7. The zero-order chi connectivity index (χ0) is 20.9. The van der Waals surface area contributed by atoms with Crippen molar-refractivity contribution in [3.05, 3.63) is 41.2 Å². The molecule has 1 aromatic heterocycles. The number of likely N-dealkylation sites (N-methyl/N-ethyl adjacent to an activating group) is 1. The van der Waals surface area contributed by atoms with Crippen LogP contribution in [0.5, 0.6) is 0 Å². The molecule has 7 nitrogen and oxygen atoms in total. The van der Waals surface area contributed by atoms with E-state index in [4.69, 9.17) is 0 Å². The molecule has 1 fully saturated rings. The summed E-state index contributed by atoms with van der Waals surface area (Å²) in [7, 11) is 3.98. The van der Waals surface area contributed by atoms with Gasteiger partial charge in [0.1, 0.15) is 5.69 Å². The molecule has 2 amide bonds. The summed E-state index contributed by atoms with van der Waals surface area (Å²) in [6, 6.07) is 7.25. The number of anilines is 3. The second-order valence-corrected chi connectivity index (χ2v) is 8.13. The average Bonchev–Trinajstić information content (AvgIpc) is 2.86. The Kier molecular flexibility index (Phi) is 4.96. The lowest BCUT2D eigenvalue weighted by atomic mass is 10.1. The molecule has 1 N–H and O–H groups in total. The van der Waals surface area contributed by atoms with E-state index in [0.29, 0.717) is 17.1 Å². The topological polar surface area (TPSA) is 60.8 Å². The highest BCUT2D eigenvalue weighted by molar-refractivity contribution is 6.18. The van der Waals surface area contributed by atoms with Crippen molar-refractivity contribution in [3.63, 3.8) is 0 Å². The van der Waals surface area contributed by atoms with Crippen LogP contribution in [0.4, 0.5) is 17.1 Å². The predicted molar refractivity (Wildman–Crippen MR) is 115 cm³/mol. The Morgan fingerprint density at radius 3 is 2.41 bits per heavy atom. The monoisotopic (exact) mass is 395 g/mol. The maximum Gasteiger partial charge on any atom is 0.274 e. The molecule has 1 saturated heterocycles. The number of carbonyl (C=O) groups is 2. The van der Waals surface area contributed by atoms with Crippen LogP contribution < -0.4 is 10.2 Å². The van der Waals surface area contributed by atoms with Gasteiger partial charge in [-0.3, -0.25) is 19.4 Å². The molecule has 29 heavy (non-hydrogen) atoms. The van der Waals surface area contributed by atoms with Crippen molar-refractivity contribution in [2.24, 2.45) is 7.05 Å². The lowest BCUT2D eigenvalue weighted by Crippen LogP contribution is -2.53. The van der Waals surface area contributed by atoms with E-state index < -0.39 is 0 Å². The van der Waals surface area contributed by atoms with Gasteiger partial charge in [-0.1, -0.05) is 12.1 Å². The first-order chi connectivity index (χ1) is 13.8. The number of aromatic nitrogens is 1. The maximum absolute atomic E-state index is 13.9. The van der Waals surface area contributed by atoms with Crippen LogP contribution in [0, 0.1) is 13.8 Å². The summed E-state index contributed by atoms with van der Waals surface area (Å²) in [5.74, 6) is -0.192. The number of para-hydroxylation sites is 2. The van der Waals surface area contributed by atoms with Crippen LogP contribution in [0.2, 0.25) is 0 Å². The molecule has 7 heteroatoms. The van der Waals surface area contributed by atoms with Gasteiger partial charge in [-0.25, -0.2) is 0 Å². The molecular formula is C22H29N5O2. The molecule has 3 heterocycles. The van der Waals surface area contributed by atoms with E-state index in [1.165, 1.54) is 0 Å². The molecule has 0 bridgehead atoms.